The fraction of sp³-hybridized carbons (Fsp3) is 0.500. The summed E-state index contributed by atoms with van der Waals surface area (Å²) in [6, 6.07) is 11.4. The van der Waals surface area contributed by atoms with E-state index in [0.717, 1.165) is 5.56 Å². The summed E-state index contributed by atoms with van der Waals surface area (Å²) in [7, 11) is 1.61. The molecule has 2 aromatic carbocycles. The Hall–Kier alpha value is -2.68. The number of ether oxygens (including phenoxy) is 3. The van der Waals surface area contributed by atoms with Gasteiger partial charge in [-0.1, -0.05) is 35.9 Å². The Labute approximate surface area is 224 Å². The molecule has 0 aliphatic carbocycles. The number of halogens is 2. The molecule has 37 heavy (non-hydrogen) atoms. The molecular formula is C28H38ClFN2O5. The van der Waals surface area contributed by atoms with Crippen LogP contribution in [0.4, 0.5) is 9.18 Å². The van der Waals surface area contributed by atoms with Crippen LogP contribution >= 0.6 is 11.6 Å². The number of alkyl carbamates (subject to hydrolysis) is 1. The SMILES string of the molecule is CCOC(=O)[C@H](CNCCOC)C[C@@H](Cc1ccc(-c2cc(Cl)ccc2F)cc1)NC(=O)OC(C)(C)C. The number of carbonyl (C=O) groups excluding carboxylic acids is 2. The predicted octanol–water partition coefficient (Wildman–Crippen LogP) is 5.39. The van der Waals surface area contributed by atoms with E-state index in [1.165, 1.54) is 12.1 Å². The zero-order valence-electron chi connectivity index (χ0n) is 22.2. The van der Waals surface area contributed by atoms with E-state index in [0.29, 0.717) is 48.7 Å². The lowest BCUT2D eigenvalue weighted by Crippen LogP contribution is -2.43. The molecule has 0 radical (unpaired) electrons. The largest absolute Gasteiger partial charge is 0.466 e. The molecule has 0 saturated heterocycles. The van der Waals surface area contributed by atoms with Gasteiger partial charge in [-0.2, -0.15) is 0 Å². The lowest BCUT2D eigenvalue weighted by atomic mass is 9.93. The van der Waals surface area contributed by atoms with Crippen molar-refractivity contribution < 1.29 is 28.2 Å². The van der Waals surface area contributed by atoms with E-state index < -0.39 is 23.7 Å². The summed E-state index contributed by atoms with van der Waals surface area (Å²) in [4.78, 5) is 25.3. The molecule has 0 saturated carbocycles. The average molecular weight is 537 g/mol. The van der Waals surface area contributed by atoms with E-state index in [2.05, 4.69) is 10.6 Å². The minimum absolute atomic E-state index is 0.263. The zero-order chi connectivity index (χ0) is 27.4. The topological polar surface area (TPSA) is 85.9 Å². The van der Waals surface area contributed by atoms with Gasteiger partial charge in [-0.3, -0.25) is 4.79 Å². The molecule has 204 valence electrons. The molecule has 0 aliphatic rings. The van der Waals surface area contributed by atoms with Crippen LogP contribution in [-0.2, 0) is 25.4 Å². The standard InChI is InChI=1S/C28H38ClFN2O5/c1-6-36-26(33)21(18-31-13-14-35-5)16-23(32-27(34)37-28(2,3)4)15-19-7-9-20(10-8-19)24-17-22(29)11-12-25(24)30/h7-12,17,21,23,31H,6,13-16,18H2,1-5H3,(H,32,34)/t21-,23+/m0/s1. The van der Waals surface area contributed by atoms with Crippen LogP contribution in [0.3, 0.4) is 0 Å². The highest BCUT2D eigenvalue weighted by Crippen LogP contribution is 2.27. The van der Waals surface area contributed by atoms with Crippen molar-refractivity contribution in [3.63, 3.8) is 0 Å². The van der Waals surface area contributed by atoms with Crippen LogP contribution in [0.5, 0.6) is 0 Å². The Balaban J connectivity index is 2.22. The van der Waals surface area contributed by atoms with E-state index in [9.17, 15) is 14.0 Å². The van der Waals surface area contributed by atoms with Gasteiger partial charge in [-0.05, 0) is 69.9 Å². The normalized spacial score (nSPS) is 13.1. The van der Waals surface area contributed by atoms with Crippen molar-refractivity contribution >= 4 is 23.7 Å². The molecule has 2 atom stereocenters. The number of carbonyl (C=O) groups is 2. The van der Waals surface area contributed by atoms with Crippen molar-refractivity contribution in [1.29, 1.82) is 0 Å². The average Bonchev–Trinajstić information content (AvgIpc) is 2.82. The molecule has 0 heterocycles. The Bertz CT molecular complexity index is 1010. The summed E-state index contributed by atoms with van der Waals surface area (Å²) in [6.07, 6.45) is 0.207. The van der Waals surface area contributed by atoms with Crippen molar-refractivity contribution in [3.8, 4) is 11.1 Å². The third-order valence-electron chi connectivity index (χ3n) is 5.46. The van der Waals surface area contributed by atoms with E-state index in [-0.39, 0.29) is 18.4 Å². The van der Waals surface area contributed by atoms with Gasteiger partial charge < -0.3 is 24.8 Å². The maximum atomic E-state index is 14.3. The molecule has 2 rings (SSSR count). The van der Waals surface area contributed by atoms with Crippen molar-refractivity contribution in [3.05, 3.63) is 58.9 Å². The second kappa shape index (κ2) is 14.9. The number of hydrogen-bond acceptors (Lipinski definition) is 6. The number of esters is 1. The van der Waals surface area contributed by atoms with Crippen LogP contribution in [0.15, 0.2) is 42.5 Å². The van der Waals surface area contributed by atoms with Gasteiger partial charge in [-0.25, -0.2) is 9.18 Å². The van der Waals surface area contributed by atoms with Gasteiger partial charge in [0, 0.05) is 36.8 Å². The summed E-state index contributed by atoms with van der Waals surface area (Å²) >= 11 is 6.04. The summed E-state index contributed by atoms with van der Waals surface area (Å²) in [6.45, 7) is 8.85. The summed E-state index contributed by atoms with van der Waals surface area (Å²) in [5.74, 6) is -1.19. The lowest BCUT2D eigenvalue weighted by molar-refractivity contribution is -0.148. The Morgan fingerprint density at radius 2 is 1.81 bits per heavy atom. The number of benzene rings is 2. The van der Waals surface area contributed by atoms with Gasteiger partial charge in [0.1, 0.15) is 11.4 Å². The Morgan fingerprint density at radius 1 is 1.11 bits per heavy atom. The van der Waals surface area contributed by atoms with Crippen molar-refractivity contribution in [1.82, 2.24) is 10.6 Å². The summed E-state index contributed by atoms with van der Waals surface area (Å²) in [5, 5.41) is 6.57. The van der Waals surface area contributed by atoms with E-state index in [4.69, 9.17) is 25.8 Å². The molecule has 0 aromatic heterocycles. The molecule has 2 N–H and O–H groups in total. The molecule has 7 nitrogen and oxygen atoms in total. The Morgan fingerprint density at radius 3 is 2.43 bits per heavy atom. The third-order valence-corrected chi connectivity index (χ3v) is 5.69. The van der Waals surface area contributed by atoms with Gasteiger partial charge in [0.25, 0.3) is 0 Å². The summed E-state index contributed by atoms with van der Waals surface area (Å²) < 4.78 is 30.1. The molecule has 2 aromatic rings. The molecule has 0 spiro atoms. The molecule has 1 amide bonds. The van der Waals surface area contributed by atoms with Crippen LogP contribution in [0, 0.1) is 11.7 Å². The second-order valence-corrected chi connectivity index (χ2v) is 10.2. The molecule has 9 heteroatoms. The van der Waals surface area contributed by atoms with Crippen LogP contribution in [0.1, 0.15) is 39.7 Å². The molecule has 0 fully saturated rings. The number of nitrogens with one attached hydrogen (secondary N) is 2. The van der Waals surface area contributed by atoms with Gasteiger partial charge in [-0.15, -0.1) is 0 Å². The minimum atomic E-state index is -0.667. The third kappa shape index (κ3) is 11.1. The first kappa shape index (κ1) is 30.5. The number of amides is 1. The minimum Gasteiger partial charge on any atom is -0.466 e. The first-order chi connectivity index (χ1) is 17.5. The maximum absolute atomic E-state index is 14.3. The fourth-order valence-corrected chi connectivity index (χ4v) is 3.98. The highest BCUT2D eigenvalue weighted by atomic mass is 35.5. The smallest absolute Gasteiger partial charge is 0.407 e. The van der Waals surface area contributed by atoms with Gasteiger partial charge in [0.2, 0.25) is 0 Å². The molecule has 0 bridgehead atoms. The predicted molar refractivity (Wildman–Crippen MR) is 143 cm³/mol. The molecule has 0 unspecified atom stereocenters. The van der Waals surface area contributed by atoms with E-state index in [1.54, 1.807) is 40.9 Å². The fourth-order valence-electron chi connectivity index (χ4n) is 3.81. The van der Waals surface area contributed by atoms with Crippen molar-refractivity contribution in [2.45, 2.75) is 52.2 Å². The monoisotopic (exact) mass is 536 g/mol. The zero-order valence-corrected chi connectivity index (χ0v) is 23.0. The van der Waals surface area contributed by atoms with E-state index >= 15 is 0 Å². The highest BCUT2D eigenvalue weighted by molar-refractivity contribution is 6.30. The van der Waals surface area contributed by atoms with Crippen LogP contribution in [0.2, 0.25) is 5.02 Å². The van der Waals surface area contributed by atoms with Crippen LogP contribution in [-0.4, -0.2) is 57.1 Å². The number of hydrogen-bond donors (Lipinski definition) is 2. The highest BCUT2D eigenvalue weighted by Gasteiger charge is 2.27. The summed E-state index contributed by atoms with van der Waals surface area (Å²) in [5.41, 5.74) is 1.33. The van der Waals surface area contributed by atoms with Crippen LogP contribution in [0.25, 0.3) is 11.1 Å². The molecular weight excluding hydrogens is 499 g/mol. The van der Waals surface area contributed by atoms with Gasteiger partial charge in [0.05, 0.1) is 19.1 Å². The number of rotatable bonds is 13. The van der Waals surface area contributed by atoms with Crippen LogP contribution < -0.4 is 10.6 Å². The lowest BCUT2D eigenvalue weighted by Gasteiger charge is -2.26. The van der Waals surface area contributed by atoms with Crippen molar-refractivity contribution in [2.75, 3.05) is 33.4 Å². The van der Waals surface area contributed by atoms with Gasteiger partial charge in [0.15, 0.2) is 0 Å². The van der Waals surface area contributed by atoms with Crippen molar-refractivity contribution in [2.24, 2.45) is 5.92 Å². The quantitative estimate of drug-likeness (QED) is 0.264. The number of methoxy groups -OCH3 is 1. The molecule has 0 aliphatic heterocycles. The second-order valence-electron chi connectivity index (χ2n) is 9.75. The first-order valence-corrected chi connectivity index (χ1v) is 12.8. The maximum Gasteiger partial charge on any atom is 0.407 e. The van der Waals surface area contributed by atoms with Gasteiger partial charge >= 0.3 is 12.1 Å². The van der Waals surface area contributed by atoms with E-state index in [1.807, 2.05) is 24.3 Å². The Kier molecular flexibility index (Phi) is 12.3. The first-order valence-electron chi connectivity index (χ1n) is 12.4.